The number of benzene rings is 1. The number of aliphatic hydroxyl groups excluding tert-OH is 1. The molecule has 6 nitrogen and oxygen atoms in total. The van der Waals surface area contributed by atoms with Crippen LogP contribution in [0.2, 0.25) is 0 Å². The van der Waals surface area contributed by atoms with Crippen molar-refractivity contribution in [1.82, 2.24) is 14.9 Å². The highest BCUT2D eigenvalue weighted by Crippen LogP contribution is 2.39. The second kappa shape index (κ2) is 8.20. The molecule has 1 aliphatic heterocycles. The first-order chi connectivity index (χ1) is 14.5. The molecule has 2 aromatic heterocycles. The summed E-state index contributed by atoms with van der Waals surface area (Å²) in [6.45, 7) is 2.01. The van der Waals surface area contributed by atoms with Crippen molar-refractivity contribution in [2.75, 3.05) is 0 Å². The van der Waals surface area contributed by atoms with Crippen LogP contribution >= 0.6 is 15.9 Å². The Bertz CT molecular complexity index is 1150. The number of aryl methyl sites for hydroxylation is 1. The molecule has 4 rings (SSSR count). The highest BCUT2D eigenvalue weighted by Gasteiger charge is 2.46. The standard InChI is InChI=1S/C23H18BrN3O3/c1-14-12-15(8-9-17(14)24)21(28)19-20(18-7-3-5-11-26-18)27(23(30)22(19)29)13-16-6-2-4-10-25-16/h2-12,20,28H,13H2,1H3/b21-19-. The molecule has 0 spiro atoms. The lowest BCUT2D eigenvalue weighted by atomic mass is 9.97. The summed E-state index contributed by atoms with van der Waals surface area (Å²) in [5, 5.41) is 11.1. The molecule has 1 aliphatic rings. The van der Waals surface area contributed by atoms with Crippen LogP contribution in [0.15, 0.2) is 77.0 Å². The van der Waals surface area contributed by atoms with Gasteiger partial charge in [-0.3, -0.25) is 19.6 Å². The number of amides is 1. The number of rotatable bonds is 4. The maximum atomic E-state index is 13.0. The molecule has 3 heterocycles. The van der Waals surface area contributed by atoms with E-state index >= 15 is 0 Å². The normalized spacial score (nSPS) is 18.1. The van der Waals surface area contributed by atoms with Crippen molar-refractivity contribution in [3.05, 3.63) is 99.6 Å². The highest BCUT2D eigenvalue weighted by atomic mass is 79.9. The van der Waals surface area contributed by atoms with Gasteiger partial charge in [-0.1, -0.05) is 34.1 Å². The number of likely N-dealkylation sites (tertiary alicyclic amines) is 1. The monoisotopic (exact) mass is 463 g/mol. The van der Waals surface area contributed by atoms with Gasteiger partial charge in [-0.2, -0.15) is 0 Å². The predicted octanol–water partition coefficient (Wildman–Crippen LogP) is 4.17. The van der Waals surface area contributed by atoms with Crippen molar-refractivity contribution >= 4 is 33.4 Å². The van der Waals surface area contributed by atoms with Gasteiger partial charge in [-0.15, -0.1) is 0 Å². The van der Waals surface area contributed by atoms with E-state index in [-0.39, 0.29) is 17.9 Å². The van der Waals surface area contributed by atoms with E-state index in [0.29, 0.717) is 17.0 Å². The summed E-state index contributed by atoms with van der Waals surface area (Å²) >= 11 is 3.43. The first-order valence-electron chi connectivity index (χ1n) is 9.33. The number of aromatic nitrogens is 2. The van der Waals surface area contributed by atoms with E-state index in [9.17, 15) is 14.7 Å². The number of pyridine rings is 2. The average Bonchev–Trinajstić information content (AvgIpc) is 3.01. The first kappa shape index (κ1) is 20.0. The van der Waals surface area contributed by atoms with Crippen LogP contribution in [0, 0.1) is 6.92 Å². The van der Waals surface area contributed by atoms with Crippen LogP contribution in [0.4, 0.5) is 0 Å². The minimum absolute atomic E-state index is 0.0244. The number of halogens is 1. The van der Waals surface area contributed by atoms with Gasteiger partial charge in [-0.25, -0.2) is 0 Å². The summed E-state index contributed by atoms with van der Waals surface area (Å²) < 4.78 is 0.885. The average molecular weight is 464 g/mol. The summed E-state index contributed by atoms with van der Waals surface area (Å²) in [6, 6.07) is 15.1. The molecule has 1 saturated heterocycles. The number of ketones is 1. The molecule has 30 heavy (non-hydrogen) atoms. The Kier molecular flexibility index (Phi) is 5.46. The van der Waals surface area contributed by atoms with Crippen LogP contribution < -0.4 is 0 Å². The summed E-state index contributed by atoms with van der Waals surface area (Å²) in [5.74, 6) is -1.64. The highest BCUT2D eigenvalue weighted by molar-refractivity contribution is 9.10. The van der Waals surface area contributed by atoms with Crippen LogP contribution in [0.25, 0.3) is 5.76 Å². The molecule has 0 saturated carbocycles. The fourth-order valence-corrected chi connectivity index (χ4v) is 3.75. The number of hydrogen-bond donors (Lipinski definition) is 1. The topological polar surface area (TPSA) is 83.4 Å². The van der Waals surface area contributed by atoms with Gasteiger partial charge >= 0.3 is 0 Å². The molecule has 3 aromatic rings. The van der Waals surface area contributed by atoms with E-state index < -0.39 is 17.7 Å². The van der Waals surface area contributed by atoms with E-state index in [1.807, 2.05) is 13.0 Å². The Hall–Kier alpha value is -3.32. The molecule has 0 aliphatic carbocycles. The van der Waals surface area contributed by atoms with Crippen LogP contribution in [0.1, 0.15) is 28.6 Å². The summed E-state index contributed by atoms with van der Waals surface area (Å²) in [6.07, 6.45) is 3.23. The number of Topliss-reactive ketones (excluding diaryl/α,β-unsaturated/α-hetero) is 1. The summed E-state index contributed by atoms with van der Waals surface area (Å²) in [5.41, 5.74) is 2.53. The molecule has 1 atom stereocenters. The largest absolute Gasteiger partial charge is 0.507 e. The van der Waals surface area contributed by atoms with E-state index in [1.54, 1.807) is 60.9 Å². The Balaban J connectivity index is 1.86. The van der Waals surface area contributed by atoms with Crippen LogP contribution in [0.5, 0.6) is 0 Å². The number of aliphatic hydroxyl groups is 1. The molecule has 1 N–H and O–H groups in total. The Morgan fingerprint density at radius 2 is 1.80 bits per heavy atom. The molecule has 0 bridgehead atoms. The molecule has 1 amide bonds. The van der Waals surface area contributed by atoms with Crippen LogP contribution in [-0.2, 0) is 16.1 Å². The Labute approximate surface area is 182 Å². The summed E-state index contributed by atoms with van der Waals surface area (Å²) in [4.78, 5) is 36.0. The smallest absolute Gasteiger partial charge is 0.296 e. The van der Waals surface area contributed by atoms with E-state index in [2.05, 4.69) is 25.9 Å². The van der Waals surface area contributed by atoms with Crippen LogP contribution in [0.3, 0.4) is 0 Å². The van der Waals surface area contributed by atoms with Gasteiger partial charge in [0.25, 0.3) is 11.7 Å². The second-order valence-corrected chi connectivity index (χ2v) is 7.82. The molecule has 0 radical (unpaired) electrons. The number of hydrogen-bond acceptors (Lipinski definition) is 5. The van der Waals surface area contributed by atoms with Crippen molar-refractivity contribution in [2.45, 2.75) is 19.5 Å². The van der Waals surface area contributed by atoms with Gasteiger partial charge < -0.3 is 10.0 Å². The molecular formula is C23H18BrN3O3. The van der Waals surface area contributed by atoms with Gasteiger partial charge in [-0.05, 0) is 48.9 Å². The van der Waals surface area contributed by atoms with E-state index in [1.165, 1.54) is 4.90 Å². The van der Waals surface area contributed by atoms with E-state index in [0.717, 1.165) is 10.0 Å². The second-order valence-electron chi connectivity index (χ2n) is 6.97. The molecule has 1 fully saturated rings. The zero-order valence-corrected chi connectivity index (χ0v) is 17.7. The lowest BCUT2D eigenvalue weighted by molar-refractivity contribution is -0.140. The lowest BCUT2D eigenvalue weighted by Gasteiger charge is -2.24. The maximum absolute atomic E-state index is 13.0. The molecule has 150 valence electrons. The quantitative estimate of drug-likeness (QED) is 0.356. The van der Waals surface area contributed by atoms with Crippen molar-refractivity contribution in [1.29, 1.82) is 0 Å². The molecular weight excluding hydrogens is 446 g/mol. The minimum Gasteiger partial charge on any atom is -0.507 e. The third kappa shape index (κ3) is 3.64. The van der Waals surface area contributed by atoms with Gasteiger partial charge in [0, 0.05) is 22.4 Å². The van der Waals surface area contributed by atoms with Crippen molar-refractivity contribution in [3.63, 3.8) is 0 Å². The van der Waals surface area contributed by atoms with Crippen LogP contribution in [-0.4, -0.2) is 31.7 Å². The number of carbonyl (C=O) groups is 2. The SMILES string of the molecule is Cc1cc(/C(O)=C2/C(=O)C(=O)N(Cc3ccccn3)C2c2ccccn2)ccc1Br. The number of carbonyl (C=O) groups excluding carboxylic acids is 2. The molecule has 1 unspecified atom stereocenters. The van der Waals surface area contributed by atoms with Gasteiger partial charge in [0.2, 0.25) is 0 Å². The summed E-state index contributed by atoms with van der Waals surface area (Å²) in [7, 11) is 0. The maximum Gasteiger partial charge on any atom is 0.296 e. The first-order valence-corrected chi connectivity index (χ1v) is 10.1. The molecule has 1 aromatic carbocycles. The third-order valence-corrected chi connectivity index (χ3v) is 5.89. The zero-order valence-electron chi connectivity index (χ0n) is 16.1. The minimum atomic E-state index is -0.808. The molecule has 7 heteroatoms. The van der Waals surface area contributed by atoms with E-state index in [4.69, 9.17) is 0 Å². The predicted molar refractivity (Wildman–Crippen MR) is 115 cm³/mol. The van der Waals surface area contributed by atoms with Gasteiger partial charge in [0.15, 0.2) is 0 Å². The Morgan fingerprint density at radius 1 is 1.07 bits per heavy atom. The number of nitrogens with zero attached hydrogens (tertiary/aromatic N) is 3. The van der Waals surface area contributed by atoms with Gasteiger partial charge in [0.05, 0.1) is 23.5 Å². The fourth-order valence-electron chi connectivity index (χ4n) is 3.50. The van der Waals surface area contributed by atoms with Crippen molar-refractivity contribution < 1.29 is 14.7 Å². The zero-order chi connectivity index (χ0) is 21.3. The third-order valence-electron chi connectivity index (χ3n) is 5.00. The fraction of sp³-hybridized carbons (Fsp3) is 0.130. The lowest BCUT2D eigenvalue weighted by Crippen LogP contribution is -2.29. The van der Waals surface area contributed by atoms with Gasteiger partial charge in [0.1, 0.15) is 11.8 Å². The van der Waals surface area contributed by atoms with Crippen molar-refractivity contribution in [2.24, 2.45) is 0 Å². The van der Waals surface area contributed by atoms with Crippen molar-refractivity contribution in [3.8, 4) is 0 Å². The Morgan fingerprint density at radius 3 is 2.43 bits per heavy atom.